The van der Waals surface area contributed by atoms with Gasteiger partial charge in [0.2, 0.25) is 5.91 Å². The lowest BCUT2D eigenvalue weighted by atomic mass is 9.39. The molecule has 4 aliphatic rings. The fourth-order valence-corrected chi connectivity index (χ4v) is 11.3. The standard InChI is InChI=1S/C35H64N2O3/c1-23(2)11-10-12-24(3)28-14-15-29-27-21-31(26(32(37)39)13-8-6-7-9-20-36)35(40)22-25(38)16-19-34(35,5)30(27)17-18-33(28,29)4/h23-31,38,40H,6-22,36H2,1-5H3,(H2,37,39)/t24-,25?,26?,27+,28-,29+,30+,31?,33-,34-,35?/m1/s1. The second-order valence-corrected chi connectivity index (χ2v) is 16.0. The number of hydrogen-bond donors (Lipinski definition) is 4. The number of rotatable bonds is 13. The highest BCUT2D eigenvalue weighted by atomic mass is 16.3. The van der Waals surface area contributed by atoms with E-state index >= 15 is 0 Å². The Bertz CT molecular complexity index is 848. The van der Waals surface area contributed by atoms with Crippen LogP contribution in [0.15, 0.2) is 0 Å². The molecule has 6 N–H and O–H groups in total. The molecule has 0 aromatic heterocycles. The van der Waals surface area contributed by atoms with Crippen LogP contribution in [0, 0.1) is 58.2 Å². The van der Waals surface area contributed by atoms with E-state index < -0.39 is 11.7 Å². The molecule has 4 fully saturated rings. The predicted molar refractivity (Wildman–Crippen MR) is 164 cm³/mol. The van der Waals surface area contributed by atoms with Crippen molar-refractivity contribution in [3.05, 3.63) is 0 Å². The van der Waals surface area contributed by atoms with E-state index in [1.54, 1.807) is 0 Å². The van der Waals surface area contributed by atoms with E-state index in [0.717, 1.165) is 69.1 Å². The molecule has 5 heteroatoms. The Kier molecular flexibility index (Phi) is 10.4. The molecular weight excluding hydrogens is 496 g/mol. The van der Waals surface area contributed by atoms with Crippen molar-refractivity contribution in [3.8, 4) is 0 Å². The lowest BCUT2D eigenvalue weighted by molar-refractivity contribution is -0.256. The van der Waals surface area contributed by atoms with Crippen molar-refractivity contribution in [1.82, 2.24) is 0 Å². The van der Waals surface area contributed by atoms with Crippen molar-refractivity contribution in [2.45, 2.75) is 149 Å². The molecule has 4 aliphatic carbocycles. The molecule has 0 bridgehead atoms. The molecular formula is C35H64N2O3. The highest BCUT2D eigenvalue weighted by molar-refractivity contribution is 5.77. The average molecular weight is 561 g/mol. The van der Waals surface area contributed by atoms with Gasteiger partial charge in [-0.15, -0.1) is 0 Å². The van der Waals surface area contributed by atoms with E-state index in [0.29, 0.717) is 36.1 Å². The number of aliphatic hydroxyl groups excluding tert-OH is 1. The van der Waals surface area contributed by atoms with Crippen molar-refractivity contribution in [2.24, 2.45) is 69.6 Å². The van der Waals surface area contributed by atoms with Gasteiger partial charge in [0.15, 0.2) is 0 Å². The number of carbonyl (C=O) groups is 1. The molecule has 0 saturated heterocycles. The molecule has 4 rings (SSSR count). The van der Waals surface area contributed by atoms with Crippen molar-refractivity contribution >= 4 is 5.91 Å². The van der Waals surface area contributed by atoms with Gasteiger partial charge < -0.3 is 21.7 Å². The van der Waals surface area contributed by atoms with Gasteiger partial charge in [-0.25, -0.2) is 0 Å². The summed E-state index contributed by atoms with van der Waals surface area (Å²) in [6.45, 7) is 12.8. The molecule has 0 aliphatic heterocycles. The van der Waals surface area contributed by atoms with Crippen LogP contribution in [0.3, 0.4) is 0 Å². The molecule has 1 amide bonds. The van der Waals surface area contributed by atoms with Crippen molar-refractivity contribution in [3.63, 3.8) is 0 Å². The Hall–Kier alpha value is -0.650. The summed E-state index contributed by atoms with van der Waals surface area (Å²) < 4.78 is 0. The number of fused-ring (bicyclic) bond motifs is 5. The molecule has 40 heavy (non-hydrogen) atoms. The first-order valence-electron chi connectivity index (χ1n) is 17.3. The van der Waals surface area contributed by atoms with E-state index in [-0.39, 0.29) is 23.2 Å². The minimum Gasteiger partial charge on any atom is -0.393 e. The molecule has 0 heterocycles. The van der Waals surface area contributed by atoms with Gasteiger partial charge in [-0.1, -0.05) is 73.1 Å². The molecule has 4 saturated carbocycles. The first-order valence-corrected chi connectivity index (χ1v) is 17.3. The summed E-state index contributed by atoms with van der Waals surface area (Å²) in [4.78, 5) is 13.1. The smallest absolute Gasteiger partial charge is 0.220 e. The fourth-order valence-electron chi connectivity index (χ4n) is 11.3. The van der Waals surface area contributed by atoms with Crippen LogP contribution >= 0.6 is 0 Å². The van der Waals surface area contributed by atoms with Gasteiger partial charge in [0.05, 0.1) is 11.7 Å². The summed E-state index contributed by atoms with van der Waals surface area (Å²) >= 11 is 0. The first-order chi connectivity index (χ1) is 18.9. The average Bonchev–Trinajstić information content (AvgIpc) is 3.24. The summed E-state index contributed by atoms with van der Waals surface area (Å²) in [5, 5.41) is 23.5. The molecule has 4 unspecified atom stereocenters. The van der Waals surface area contributed by atoms with Gasteiger partial charge in [-0.2, -0.15) is 0 Å². The number of hydrogen-bond acceptors (Lipinski definition) is 4. The van der Waals surface area contributed by atoms with Gasteiger partial charge in [0.25, 0.3) is 0 Å². The normalized spacial score (nSPS) is 42.6. The maximum atomic E-state index is 13.1. The highest BCUT2D eigenvalue weighted by Crippen LogP contribution is 2.71. The molecule has 0 spiro atoms. The zero-order chi connectivity index (χ0) is 29.3. The Balaban J connectivity index is 1.60. The molecule has 0 aromatic rings. The number of carbonyl (C=O) groups excluding carboxylic acids is 1. The van der Waals surface area contributed by atoms with Crippen molar-refractivity contribution in [1.29, 1.82) is 0 Å². The fraction of sp³-hybridized carbons (Fsp3) is 0.971. The van der Waals surface area contributed by atoms with Crippen LogP contribution in [0.25, 0.3) is 0 Å². The molecule has 0 aromatic carbocycles. The van der Waals surface area contributed by atoms with E-state index in [4.69, 9.17) is 11.5 Å². The third-order valence-electron chi connectivity index (χ3n) is 13.4. The summed E-state index contributed by atoms with van der Waals surface area (Å²) in [7, 11) is 0. The highest BCUT2D eigenvalue weighted by Gasteiger charge is 2.68. The van der Waals surface area contributed by atoms with Crippen LogP contribution in [-0.2, 0) is 4.79 Å². The van der Waals surface area contributed by atoms with E-state index in [1.807, 2.05) is 0 Å². The number of unbranched alkanes of at least 4 members (excludes halogenated alkanes) is 3. The Morgan fingerprint density at radius 3 is 2.27 bits per heavy atom. The van der Waals surface area contributed by atoms with E-state index in [2.05, 4.69) is 34.6 Å². The lowest BCUT2D eigenvalue weighted by Crippen LogP contribution is -2.68. The molecule has 0 radical (unpaired) electrons. The number of nitrogens with two attached hydrogens (primary N) is 2. The Morgan fingerprint density at radius 1 is 0.875 bits per heavy atom. The summed E-state index contributed by atoms with van der Waals surface area (Å²) in [6.07, 6.45) is 16.3. The van der Waals surface area contributed by atoms with Gasteiger partial charge >= 0.3 is 0 Å². The SMILES string of the molecule is CC(C)CCC[C@@H](C)[C@H]1CC[C@H]2[C@@H]3CC(C(CCCCCCN)C(N)=O)C4(O)CC(O)CC[C@]4(C)[C@H]3CC[C@]12C. The van der Waals surface area contributed by atoms with Crippen LogP contribution in [0.1, 0.15) is 137 Å². The van der Waals surface area contributed by atoms with E-state index in [1.165, 1.54) is 44.9 Å². The zero-order valence-electron chi connectivity index (χ0n) is 26.7. The largest absolute Gasteiger partial charge is 0.393 e. The van der Waals surface area contributed by atoms with Crippen molar-refractivity contribution in [2.75, 3.05) is 6.54 Å². The monoisotopic (exact) mass is 560 g/mol. The predicted octanol–water partition coefficient (Wildman–Crippen LogP) is 6.82. The third kappa shape index (κ3) is 5.91. The van der Waals surface area contributed by atoms with Gasteiger partial charge in [0, 0.05) is 18.3 Å². The van der Waals surface area contributed by atoms with Gasteiger partial charge in [0.1, 0.15) is 0 Å². The summed E-state index contributed by atoms with van der Waals surface area (Å²) in [5.74, 6) is 3.25. The summed E-state index contributed by atoms with van der Waals surface area (Å²) in [5.41, 5.74) is 10.9. The number of primary amides is 1. The minimum absolute atomic E-state index is 0.162. The Labute approximate surface area is 246 Å². The quantitative estimate of drug-likeness (QED) is 0.185. The maximum Gasteiger partial charge on any atom is 0.220 e. The number of amides is 1. The van der Waals surface area contributed by atoms with Crippen LogP contribution in [0.2, 0.25) is 0 Å². The third-order valence-corrected chi connectivity index (χ3v) is 13.4. The van der Waals surface area contributed by atoms with Crippen LogP contribution in [-0.4, -0.2) is 34.4 Å². The Morgan fingerprint density at radius 2 is 1.60 bits per heavy atom. The van der Waals surface area contributed by atoms with Gasteiger partial charge in [-0.3, -0.25) is 4.79 Å². The van der Waals surface area contributed by atoms with Crippen LogP contribution < -0.4 is 11.5 Å². The molecule has 5 nitrogen and oxygen atoms in total. The van der Waals surface area contributed by atoms with Crippen LogP contribution in [0.5, 0.6) is 0 Å². The topological polar surface area (TPSA) is 110 Å². The van der Waals surface area contributed by atoms with Crippen LogP contribution in [0.4, 0.5) is 0 Å². The zero-order valence-corrected chi connectivity index (χ0v) is 26.7. The molecule has 11 atom stereocenters. The van der Waals surface area contributed by atoms with Gasteiger partial charge in [-0.05, 0) is 111 Å². The van der Waals surface area contributed by atoms with Crippen molar-refractivity contribution < 1.29 is 15.0 Å². The first kappa shape index (κ1) is 32.3. The molecule has 232 valence electrons. The maximum absolute atomic E-state index is 13.1. The summed E-state index contributed by atoms with van der Waals surface area (Å²) in [6, 6.07) is 0. The second kappa shape index (κ2) is 12.9. The second-order valence-electron chi connectivity index (χ2n) is 16.0. The minimum atomic E-state index is -1.03. The number of aliphatic hydroxyl groups is 2. The lowest BCUT2D eigenvalue weighted by Gasteiger charge is -2.67. The van der Waals surface area contributed by atoms with E-state index in [9.17, 15) is 15.0 Å².